The van der Waals surface area contributed by atoms with Crippen LogP contribution in [0.25, 0.3) is 22.6 Å². The molecule has 29 heavy (non-hydrogen) atoms. The fraction of sp³-hybridized carbons (Fsp3) is 0.250. The van der Waals surface area contributed by atoms with Gasteiger partial charge in [-0.1, -0.05) is 6.07 Å². The van der Waals surface area contributed by atoms with Crippen LogP contribution in [0.4, 0.5) is 14.9 Å². The third-order valence-corrected chi connectivity index (χ3v) is 4.22. The third-order valence-electron chi connectivity index (χ3n) is 4.22. The number of urea groups is 1. The van der Waals surface area contributed by atoms with Crippen molar-refractivity contribution >= 4 is 28.8 Å². The van der Waals surface area contributed by atoms with E-state index in [2.05, 4.69) is 15.6 Å². The Morgan fingerprint density at radius 2 is 2.07 bits per heavy atom. The lowest BCUT2D eigenvalue weighted by atomic mass is 10.2. The van der Waals surface area contributed by atoms with E-state index in [0.29, 0.717) is 16.7 Å². The molecule has 1 unspecified atom stereocenters. The van der Waals surface area contributed by atoms with Crippen molar-refractivity contribution in [2.45, 2.75) is 19.4 Å². The van der Waals surface area contributed by atoms with Gasteiger partial charge < -0.3 is 24.9 Å². The van der Waals surface area contributed by atoms with Crippen molar-refractivity contribution in [2.75, 3.05) is 19.0 Å². The minimum absolute atomic E-state index is 0.0812. The molecule has 0 aliphatic carbocycles. The Kier molecular flexibility index (Phi) is 6.08. The number of carboxylic acid groups (broad SMARTS) is 1. The number of nitrogens with zero attached hydrogens (tertiary/aromatic N) is 1. The zero-order chi connectivity index (χ0) is 21.0. The van der Waals surface area contributed by atoms with Gasteiger partial charge in [0, 0.05) is 25.7 Å². The van der Waals surface area contributed by atoms with Gasteiger partial charge in [0.2, 0.25) is 5.89 Å². The molecule has 0 aliphatic rings. The molecule has 0 aliphatic heterocycles. The number of amides is 2. The Hall–Kier alpha value is -3.46. The first kappa shape index (κ1) is 20.3. The molecule has 3 aromatic rings. The monoisotopic (exact) mass is 401 g/mol. The number of nitrogens with one attached hydrogen (secondary N) is 2. The van der Waals surface area contributed by atoms with Crippen molar-refractivity contribution in [1.82, 2.24) is 10.3 Å². The first-order chi connectivity index (χ1) is 13.9. The molecule has 9 heteroatoms. The van der Waals surface area contributed by atoms with E-state index in [9.17, 15) is 14.0 Å². The Bertz CT molecular complexity index is 1050. The first-order valence-corrected chi connectivity index (χ1v) is 8.83. The maximum atomic E-state index is 14.5. The highest BCUT2D eigenvalue weighted by Gasteiger charge is 2.20. The number of ether oxygens (including phenoxy) is 1. The van der Waals surface area contributed by atoms with Gasteiger partial charge in [-0.05, 0) is 42.8 Å². The molecule has 3 N–H and O–H groups in total. The standard InChI is InChI=1S/C20H20FN3O5/c1-11-3-6-17-16(9-11)22-18(29-17)12-4-5-14(13(21)10-12)23-20(27)24-15(19(25)26)7-8-28-2/h3-6,9-10,15H,7-8H2,1-2H3,(H,25,26)(H2,23,24,27). The predicted octanol–water partition coefficient (Wildman–Crippen LogP) is 3.55. The normalized spacial score (nSPS) is 12.0. The third kappa shape index (κ3) is 4.88. The Balaban J connectivity index is 1.73. The lowest BCUT2D eigenvalue weighted by Crippen LogP contribution is -2.43. The molecule has 1 aromatic heterocycles. The summed E-state index contributed by atoms with van der Waals surface area (Å²) in [5.74, 6) is -1.66. The number of hydrogen-bond acceptors (Lipinski definition) is 5. The molecule has 2 amide bonds. The summed E-state index contributed by atoms with van der Waals surface area (Å²) >= 11 is 0. The number of oxazole rings is 1. The van der Waals surface area contributed by atoms with E-state index < -0.39 is 23.9 Å². The second-order valence-electron chi connectivity index (χ2n) is 6.46. The van der Waals surface area contributed by atoms with Gasteiger partial charge in [-0.15, -0.1) is 0 Å². The zero-order valence-corrected chi connectivity index (χ0v) is 15.9. The largest absolute Gasteiger partial charge is 0.480 e. The number of benzene rings is 2. The van der Waals surface area contributed by atoms with Crippen molar-refractivity contribution in [3.63, 3.8) is 0 Å². The highest BCUT2D eigenvalue weighted by Crippen LogP contribution is 2.27. The van der Waals surface area contributed by atoms with Crippen molar-refractivity contribution in [1.29, 1.82) is 0 Å². The molecule has 0 saturated carbocycles. The Morgan fingerprint density at radius 1 is 1.28 bits per heavy atom. The molecule has 1 atom stereocenters. The lowest BCUT2D eigenvalue weighted by Gasteiger charge is -2.15. The highest BCUT2D eigenvalue weighted by atomic mass is 19.1. The van der Waals surface area contributed by atoms with Crippen LogP contribution in [0, 0.1) is 12.7 Å². The number of rotatable bonds is 7. The van der Waals surface area contributed by atoms with Crippen LogP contribution in [0.2, 0.25) is 0 Å². The van der Waals surface area contributed by atoms with Crippen LogP contribution in [0.5, 0.6) is 0 Å². The molecule has 3 rings (SSSR count). The summed E-state index contributed by atoms with van der Waals surface area (Å²) in [7, 11) is 1.42. The van der Waals surface area contributed by atoms with Crippen LogP contribution in [-0.4, -0.2) is 41.8 Å². The predicted molar refractivity (Wildman–Crippen MR) is 104 cm³/mol. The van der Waals surface area contributed by atoms with E-state index in [1.54, 1.807) is 12.1 Å². The van der Waals surface area contributed by atoms with Crippen LogP contribution in [-0.2, 0) is 9.53 Å². The van der Waals surface area contributed by atoms with E-state index in [1.807, 2.05) is 19.1 Å². The number of carbonyl (C=O) groups excluding carboxylic acids is 1. The summed E-state index contributed by atoms with van der Waals surface area (Å²) in [4.78, 5) is 27.5. The molecule has 0 spiro atoms. The van der Waals surface area contributed by atoms with Gasteiger partial charge >= 0.3 is 12.0 Å². The molecule has 152 valence electrons. The molecule has 2 aromatic carbocycles. The molecule has 0 bridgehead atoms. The number of aliphatic carboxylic acids is 1. The molecule has 0 radical (unpaired) electrons. The van der Waals surface area contributed by atoms with Crippen LogP contribution < -0.4 is 10.6 Å². The van der Waals surface area contributed by atoms with Gasteiger partial charge in [0.05, 0.1) is 5.69 Å². The number of aromatic nitrogens is 1. The summed E-state index contributed by atoms with van der Waals surface area (Å²) in [6.45, 7) is 2.09. The fourth-order valence-electron chi connectivity index (χ4n) is 2.72. The quantitative estimate of drug-likeness (QED) is 0.558. The van der Waals surface area contributed by atoms with Crippen molar-refractivity contribution in [3.05, 3.63) is 47.8 Å². The molecule has 0 fully saturated rings. The van der Waals surface area contributed by atoms with Gasteiger partial charge in [0.1, 0.15) is 17.4 Å². The topological polar surface area (TPSA) is 114 Å². The second-order valence-corrected chi connectivity index (χ2v) is 6.46. The number of carboxylic acids is 1. The number of halogens is 1. The molecule has 1 heterocycles. The minimum Gasteiger partial charge on any atom is -0.480 e. The average molecular weight is 401 g/mol. The maximum Gasteiger partial charge on any atom is 0.326 e. The molecule has 8 nitrogen and oxygen atoms in total. The van der Waals surface area contributed by atoms with E-state index in [4.69, 9.17) is 14.3 Å². The van der Waals surface area contributed by atoms with Crippen LogP contribution >= 0.6 is 0 Å². The summed E-state index contributed by atoms with van der Waals surface area (Å²) in [6, 6.07) is 7.65. The number of methoxy groups -OCH3 is 1. The summed E-state index contributed by atoms with van der Waals surface area (Å²) in [5, 5.41) is 13.7. The molecular formula is C20H20FN3O5. The Morgan fingerprint density at radius 3 is 2.76 bits per heavy atom. The van der Waals surface area contributed by atoms with Gasteiger partial charge in [-0.25, -0.2) is 19.0 Å². The minimum atomic E-state index is -1.21. The van der Waals surface area contributed by atoms with Crippen LogP contribution in [0.15, 0.2) is 40.8 Å². The smallest absolute Gasteiger partial charge is 0.326 e. The fourth-order valence-corrected chi connectivity index (χ4v) is 2.72. The number of anilines is 1. The van der Waals surface area contributed by atoms with E-state index in [0.717, 1.165) is 5.56 Å². The number of aryl methyl sites for hydroxylation is 1. The maximum absolute atomic E-state index is 14.5. The molecular weight excluding hydrogens is 381 g/mol. The SMILES string of the molecule is COCCC(NC(=O)Nc1ccc(-c2nc3cc(C)ccc3o2)cc1F)C(=O)O. The van der Waals surface area contributed by atoms with Gasteiger partial charge in [0.15, 0.2) is 5.58 Å². The Labute approximate surface area is 165 Å². The van der Waals surface area contributed by atoms with E-state index in [1.165, 1.54) is 19.2 Å². The van der Waals surface area contributed by atoms with Crippen molar-refractivity contribution in [3.8, 4) is 11.5 Å². The van der Waals surface area contributed by atoms with E-state index >= 15 is 0 Å². The second kappa shape index (κ2) is 8.70. The number of fused-ring (bicyclic) bond motifs is 1. The summed E-state index contributed by atoms with van der Waals surface area (Å²) in [5.41, 5.74) is 2.58. The van der Waals surface area contributed by atoms with Crippen molar-refractivity contribution < 1.29 is 28.2 Å². The highest BCUT2D eigenvalue weighted by molar-refractivity contribution is 5.92. The van der Waals surface area contributed by atoms with Crippen molar-refractivity contribution in [2.24, 2.45) is 0 Å². The first-order valence-electron chi connectivity index (χ1n) is 8.83. The van der Waals surface area contributed by atoms with Gasteiger partial charge in [-0.2, -0.15) is 0 Å². The number of hydrogen-bond donors (Lipinski definition) is 3. The lowest BCUT2D eigenvalue weighted by molar-refractivity contribution is -0.139. The zero-order valence-electron chi connectivity index (χ0n) is 15.9. The summed E-state index contributed by atoms with van der Waals surface area (Å²) < 4.78 is 24.9. The summed E-state index contributed by atoms with van der Waals surface area (Å²) in [6.07, 6.45) is 0.0812. The van der Waals surface area contributed by atoms with Crippen LogP contribution in [0.1, 0.15) is 12.0 Å². The van der Waals surface area contributed by atoms with E-state index in [-0.39, 0.29) is 24.6 Å². The van der Waals surface area contributed by atoms with Gasteiger partial charge in [0.25, 0.3) is 0 Å². The average Bonchev–Trinajstić information content (AvgIpc) is 3.09. The van der Waals surface area contributed by atoms with Gasteiger partial charge in [-0.3, -0.25) is 0 Å². The number of carbonyl (C=O) groups is 2. The molecule has 0 saturated heterocycles. The van der Waals surface area contributed by atoms with Crippen LogP contribution in [0.3, 0.4) is 0 Å².